The van der Waals surface area contributed by atoms with Crippen LogP contribution in [0.1, 0.15) is 16.1 Å². The van der Waals surface area contributed by atoms with E-state index in [-0.39, 0.29) is 5.69 Å². The van der Waals surface area contributed by atoms with Crippen molar-refractivity contribution < 1.29 is 9.21 Å². The molecule has 7 heteroatoms. The number of nitrogens with zero attached hydrogens (tertiary/aromatic N) is 1. The Morgan fingerprint density at radius 2 is 2.08 bits per heavy atom. The number of rotatable bonds is 5. The molecule has 4 aromatic rings. The summed E-state index contributed by atoms with van der Waals surface area (Å²) < 4.78 is 5.25. The fourth-order valence-electron chi connectivity index (χ4n) is 2.88. The zero-order chi connectivity index (χ0) is 17.9. The first-order valence-electron chi connectivity index (χ1n) is 8.19. The summed E-state index contributed by atoms with van der Waals surface area (Å²) in [5.41, 5.74) is 2.06. The Balaban J connectivity index is 1.46. The van der Waals surface area contributed by atoms with E-state index >= 15 is 0 Å². The molecule has 0 aliphatic carbocycles. The molecule has 0 saturated heterocycles. The van der Waals surface area contributed by atoms with Crippen LogP contribution in [0.4, 0.5) is 0 Å². The molecule has 3 N–H and O–H groups in total. The van der Waals surface area contributed by atoms with Crippen molar-refractivity contribution in [1.82, 2.24) is 20.3 Å². The second-order valence-corrected chi connectivity index (χ2v) is 5.83. The van der Waals surface area contributed by atoms with Crippen LogP contribution >= 0.6 is 0 Å². The maximum atomic E-state index is 12.3. The normalized spacial score (nSPS) is 10.9. The standard InChI is InChI=1S/C19H16N4O3/c24-18(16-10-15(22-19(25)23-16)17-6-3-9-26-17)20-8-7-12-11-21-14-5-2-1-4-13(12)14/h1-6,9-11,21H,7-8H2,(H,20,24)(H,22,23,25). The quantitative estimate of drug-likeness (QED) is 0.515. The van der Waals surface area contributed by atoms with Crippen LogP contribution in [0.3, 0.4) is 0 Å². The Kier molecular flexibility index (Phi) is 4.10. The van der Waals surface area contributed by atoms with Crippen molar-refractivity contribution >= 4 is 16.8 Å². The number of benzene rings is 1. The van der Waals surface area contributed by atoms with E-state index in [1.165, 1.54) is 12.3 Å². The van der Waals surface area contributed by atoms with Gasteiger partial charge in [0.15, 0.2) is 0 Å². The Morgan fingerprint density at radius 1 is 1.19 bits per heavy atom. The molecule has 0 bridgehead atoms. The predicted molar refractivity (Wildman–Crippen MR) is 96.9 cm³/mol. The molecule has 1 amide bonds. The summed E-state index contributed by atoms with van der Waals surface area (Å²) in [6.45, 7) is 0.436. The molecule has 4 rings (SSSR count). The summed E-state index contributed by atoms with van der Waals surface area (Å²) in [6, 6.07) is 12.9. The average molecular weight is 348 g/mol. The van der Waals surface area contributed by atoms with E-state index in [1.54, 1.807) is 12.1 Å². The molecule has 3 aromatic heterocycles. The van der Waals surface area contributed by atoms with Crippen LogP contribution in [0.25, 0.3) is 22.4 Å². The first kappa shape index (κ1) is 15.9. The van der Waals surface area contributed by atoms with Crippen LogP contribution in [0.15, 0.2) is 64.1 Å². The van der Waals surface area contributed by atoms with E-state index in [0.717, 1.165) is 16.5 Å². The SMILES string of the molecule is O=C(NCCc1c[nH]c2ccccc12)c1cc(-c2ccco2)[nH]c(=O)n1. The second kappa shape index (κ2) is 6.72. The highest BCUT2D eigenvalue weighted by molar-refractivity contribution is 5.93. The molecular formula is C19H16N4O3. The van der Waals surface area contributed by atoms with E-state index in [4.69, 9.17) is 4.42 Å². The van der Waals surface area contributed by atoms with Gasteiger partial charge in [-0.3, -0.25) is 4.79 Å². The maximum absolute atomic E-state index is 12.3. The van der Waals surface area contributed by atoms with Crippen LogP contribution in [-0.4, -0.2) is 27.4 Å². The third-order valence-electron chi connectivity index (χ3n) is 4.12. The van der Waals surface area contributed by atoms with Crippen molar-refractivity contribution in [3.63, 3.8) is 0 Å². The monoisotopic (exact) mass is 348 g/mol. The molecular weight excluding hydrogens is 332 g/mol. The van der Waals surface area contributed by atoms with Gasteiger partial charge in [-0.15, -0.1) is 0 Å². The van der Waals surface area contributed by atoms with Crippen LogP contribution in [0.2, 0.25) is 0 Å². The van der Waals surface area contributed by atoms with Crippen molar-refractivity contribution in [2.45, 2.75) is 6.42 Å². The minimum absolute atomic E-state index is 0.0547. The summed E-state index contributed by atoms with van der Waals surface area (Å²) >= 11 is 0. The summed E-state index contributed by atoms with van der Waals surface area (Å²) in [6.07, 6.45) is 4.11. The van der Waals surface area contributed by atoms with Gasteiger partial charge in [0.1, 0.15) is 11.5 Å². The number of aromatic nitrogens is 3. The van der Waals surface area contributed by atoms with Gasteiger partial charge in [0.05, 0.1) is 12.0 Å². The predicted octanol–water partition coefficient (Wildman–Crippen LogP) is 2.48. The number of amides is 1. The first-order chi connectivity index (χ1) is 12.7. The van der Waals surface area contributed by atoms with Gasteiger partial charge in [0.2, 0.25) is 0 Å². The molecule has 0 unspecified atom stereocenters. The van der Waals surface area contributed by atoms with Crippen LogP contribution in [0, 0.1) is 0 Å². The number of fused-ring (bicyclic) bond motifs is 1. The lowest BCUT2D eigenvalue weighted by Crippen LogP contribution is -2.29. The maximum Gasteiger partial charge on any atom is 0.346 e. The first-order valence-corrected chi connectivity index (χ1v) is 8.19. The Labute approximate surface area is 148 Å². The molecule has 130 valence electrons. The van der Waals surface area contributed by atoms with Crippen LogP contribution in [-0.2, 0) is 6.42 Å². The largest absolute Gasteiger partial charge is 0.463 e. The van der Waals surface area contributed by atoms with Gasteiger partial charge in [-0.2, -0.15) is 4.98 Å². The third-order valence-corrected chi connectivity index (χ3v) is 4.12. The average Bonchev–Trinajstić information content (AvgIpc) is 3.31. The molecule has 0 atom stereocenters. The van der Waals surface area contributed by atoms with E-state index < -0.39 is 11.6 Å². The molecule has 3 heterocycles. The van der Waals surface area contributed by atoms with Gasteiger partial charge in [-0.25, -0.2) is 4.79 Å². The number of aromatic amines is 2. The highest BCUT2D eigenvalue weighted by Gasteiger charge is 2.12. The van der Waals surface area contributed by atoms with E-state index in [2.05, 4.69) is 20.3 Å². The number of para-hydroxylation sites is 1. The molecule has 0 spiro atoms. The fourth-order valence-corrected chi connectivity index (χ4v) is 2.88. The van der Waals surface area contributed by atoms with Crippen molar-refractivity contribution in [3.8, 4) is 11.5 Å². The summed E-state index contributed by atoms with van der Waals surface area (Å²) in [5.74, 6) is 0.0705. The van der Waals surface area contributed by atoms with E-state index in [9.17, 15) is 9.59 Å². The minimum atomic E-state index is -0.597. The van der Waals surface area contributed by atoms with E-state index in [0.29, 0.717) is 24.4 Å². The third kappa shape index (κ3) is 3.14. The van der Waals surface area contributed by atoms with Crippen molar-refractivity contribution in [2.24, 2.45) is 0 Å². The zero-order valence-electron chi connectivity index (χ0n) is 13.8. The number of carbonyl (C=O) groups excluding carboxylic acids is 1. The Hall–Kier alpha value is -3.61. The van der Waals surface area contributed by atoms with E-state index in [1.807, 2.05) is 30.5 Å². The van der Waals surface area contributed by atoms with Crippen LogP contribution < -0.4 is 11.0 Å². The van der Waals surface area contributed by atoms with Crippen molar-refractivity contribution in [3.05, 3.63) is 76.7 Å². The van der Waals surface area contributed by atoms with Gasteiger partial charge in [-0.1, -0.05) is 18.2 Å². The summed E-state index contributed by atoms with van der Waals surface area (Å²) in [4.78, 5) is 33.6. The smallest absolute Gasteiger partial charge is 0.346 e. The molecule has 0 saturated carbocycles. The van der Waals surface area contributed by atoms with Crippen molar-refractivity contribution in [2.75, 3.05) is 6.54 Å². The lowest BCUT2D eigenvalue weighted by atomic mass is 10.1. The van der Waals surface area contributed by atoms with Gasteiger partial charge in [0, 0.05) is 23.6 Å². The van der Waals surface area contributed by atoms with Crippen molar-refractivity contribution in [1.29, 1.82) is 0 Å². The number of hydrogen-bond donors (Lipinski definition) is 3. The minimum Gasteiger partial charge on any atom is -0.463 e. The molecule has 26 heavy (non-hydrogen) atoms. The lowest BCUT2D eigenvalue weighted by molar-refractivity contribution is 0.0948. The molecule has 0 fully saturated rings. The lowest BCUT2D eigenvalue weighted by Gasteiger charge is -2.05. The fraction of sp³-hybridized carbons (Fsp3) is 0.105. The van der Waals surface area contributed by atoms with Gasteiger partial charge >= 0.3 is 5.69 Å². The number of furan rings is 1. The Morgan fingerprint density at radius 3 is 2.92 bits per heavy atom. The number of H-pyrrole nitrogens is 2. The zero-order valence-corrected chi connectivity index (χ0v) is 13.8. The highest BCUT2D eigenvalue weighted by Crippen LogP contribution is 2.18. The molecule has 7 nitrogen and oxygen atoms in total. The highest BCUT2D eigenvalue weighted by atomic mass is 16.3. The molecule has 0 radical (unpaired) electrons. The summed E-state index contributed by atoms with van der Waals surface area (Å²) in [7, 11) is 0. The summed E-state index contributed by atoms with van der Waals surface area (Å²) in [5, 5.41) is 3.94. The molecule has 0 aliphatic rings. The number of hydrogen-bond acceptors (Lipinski definition) is 4. The van der Waals surface area contributed by atoms with Crippen LogP contribution in [0.5, 0.6) is 0 Å². The second-order valence-electron chi connectivity index (χ2n) is 5.83. The molecule has 0 aliphatic heterocycles. The van der Waals surface area contributed by atoms with Gasteiger partial charge in [-0.05, 0) is 36.2 Å². The Bertz CT molecular complexity index is 1110. The van der Waals surface area contributed by atoms with Gasteiger partial charge < -0.3 is 19.7 Å². The topological polar surface area (TPSA) is 104 Å². The number of nitrogens with one attached hydrogen (secondary N) is 3. The number of carbonyl (C=O) groups is 1. The molecule has 1 aromatic carbocycles. The van der Waals surface area contributed by atoms with Gasteiger partial charge in [0.25, 0.3) is 5.91 Å².